The van der Waals surface area contributed by atoms with Gasteiger partial charge in [0.25, 0.3) is 5.91 Å². The van der Waals surface area contributed by atoms with Crippen LogP contribution >= 0.6 is 0 Å². The largest absolute Gasteiger partial charge is 0.329 e. The van der Waals surface area contributed by atoms with Crippen molar-refractivity contribution in [1.82, 2.24) is 14.5 Å². The van der Waals surface area contributed by atoms with E-state index in [4.69, 9.17) is 0 Å². The molecule has 0 N–H and O–H groups in total. The van der Waals surface area contributed by atoms with E-state index >= 15 is 0 Å². The molecule has 0 atom stereocenters. The van der Waals surface area contributed by atoms with E-state index < -0.39 is 0 Å². The molecule has 0 saturated heterocycles. The second kappa shape index (κ2) is 3.91. The van der Waals surface area contributed by atoms with Gasteiger partial charge in [-0.25, -0.2) is 9.97 Å². The highest BCUT2D eigenvalue weighted by atomic mass is 16.2. The number of nitrogens with zero attached hydrogens (tertiary/aromatic N) is 4. The maximum Gasteiger partial charge on any atom is 0.251 e. The Morgan fingerprint density at radius 3 is 2.63 bits per heavy atom. The van der Waals surface area contributed by atoms with Crippen LogP contribution in [-0.4, -0.2) is 27.5 Å². The summed E-state index contributed by atoms with van der Waals surface area (Å²) in [6.45, 7) is 6.08. The maximum absolute atomic E-state index is 11.9. The lowest BCUT2D eigenvalue weighted by molar-refractivity contribution is -0.113. The molecule has 0 aliphatic carbocycles. The number of aryl methyl sites for hydroxylation is 1. The molecule has 19 heavy (non-hydrogen) atoms. The summed E-state index contributed by atoms with van der Waals surface area (Å²) in [7, 11) is 1.75. The van der Waals surface area contributed by atoms with E-state index in [1.165, 1.54) is 0 Å². The third-order valence-corrected chi connectivity index (χ3v) is 3.40. The van der Waals surface area contributed by atoms with Crippen LogP contribution in [0.4, 0.5) is 5.82 Å². The number of carbonyl (C=O) groups excluding carboxylic acids is 1. The Kier molecular flexibility index (Phi) is 2.45. The fraction of sp³-hybridized carbons (Fsp3) is 0.357. The topological polar surface area (TPSA) is 51.0 Å². The highest BCUT2D eigenvalue weighted by Crippen LogP contribution is 2.33. The molecule has 0 fully saturated rings. The zero-order valence-corrected chi connectivity index (χ0v) is 11.5. The molecule has 1 aliphatic heterocycles. The average Bonchev–Trinajstić information content (AvgIpc) is 2.67. The van der Waals surface area contributed by atoms with Gasteiger partial charge in [-0.05, 0) is 26.8 Å². The van der Waals surface area contributed by atoms with E-state index in [1.54, 1.807) is 18.0 Å². The second-order valence-corrected chi connectivity index (χ2v) is 5.11. The smallest absolute Gasteiger partial charge is 0.251 e. The Balaban J connectivity index is 2.45. The first-order valence-corrected chi connectivity index (χ1v) is 6.34. The van der Waals surface area contributed by atoms with Crippen LogP contribution in [0, 0.1) is 6.92 Å². The number of hydrogen-bond donors (Lipinski definition) is 0. The molecule has 2 aromatic rings. The van der Waals surface area contributed by atoms with Crippen LogP contribution in [0.2, 0.25) is 0 Å². The summed E-state index contributed by atoms with van der Waals surface area (Å²) in [6.07, 6.45) is 5.46. The molecule has 5 nitrogen and oxygen atoms in total. The standard InChI is InChI=1S/C14H16N4O/c1-8(2)18-7-10-5-6-11(19)17(4)13-12(10)14(18)16-9(3)15-13/h5-8H,1-4H3. The number of rotatable bonds is 1. The molecule has 0 radical (unpaired) electrons. The van der Waals surface area contributed by atoms with E-state index in [0.29, 0.717) is 17.7 Å². The van der Waals surface area contributed by atoms with E-state index in [0.717, 1.165) is 16.6 Å². The summed E-state index contributed by atoms with van der Waals surface area (Å²) in [4.78, 5) is 22.5. The highest BCUT2D eigenvalue weighted by molar-refractivity contribution is 6.12. The molecular weight excluding hydrogens is 240 g/mol. The maximum atomic E-state index is 11.9. The van der Waals surface area contributed by atoms with E-state index in [9.17, 15) is 4.79 Å². The normalized spacial score (nSPS) is 14.6. The minimum Gasteiger partial charge on any atom is -0.329 e. The van der Waals surface area contributed by atoms with Crippen LogP contribution in [0.3, 0.4) is 0 Å². The zero-order valence-electron chi connectivity index (χ0n) is 11.5. The van der Waals surface area contributed by atoms with Gasteiger partial charge in [0.05, 0.1) is 5.39 Å². The zero-order chi connectivity index (χ0) is 13.7. The van der Waals surface area contributed by atoms with Crippen LogP contribution in [0.5, 0.6) is 0 Å². The van der Waals surface area contributed by atoms with Gasteiger partial charge in [-0.3, -0.25) is 9.69 Å². The van der Waals surface area contributed by atoms with Crippen molar-refractivity contribution in [1.29, 1.82) is 0 Å². The molecule has 98 valence electrons. The Morgan fingerprint density at radius 1 is 1.21 bits per heavy atom. The second-order valence-electron chi connectivity index (χ2n) is 5.11. The minimum absolute atomic E-state index is 0.0632. The predicted octanol–water partition coefficient (Wildman–Crippen LogP) is 2.31. The summed E-state index contributed by atoms with van der Waals surface area (Å²) in [6, 6.07) is 0.312. The molecule has 0 spiro atoms. The molecular formula is C14H16N4O. The number of aromatic nitrogens is 3. The third kappa shape index (κ3) is 1.65. The third-order valence-electron chi connectivity index (χ3n) is 3.40. The Morgan fingerprint density at radius 2 is 1.95 bits per heavy atom. The fourth-order valence-corrected chi connectivity index (χ4v) is 2.40. The molecule has 0 saturated carbocycles. The van der Waals surface area contributed by atoms with Crippen LogP contribution in [0.1, 0.15) is 31.3 Å². The van der Waals surface area contributed by atoms with Crippen LogP contribution < -0.4 is 4.90 Å². The number of likely N-dealkylation sites (N-methyl/N-ethyl adjacent to an activating group) is 1. The first kappa shape index (κ1) is 11.9. The van der Waals surface area contributed by atoms with Crippen molar-refractivity contribution in [2.24, 2.45) is 0 Å². The summed E-state index contributed by atoms with van der Waals surface area (Å²) in [5.74, 6) is 1.30. The number of carbonyl (C=O) groups is 1. The first-order chi connectivity index (χ1) is 8.99. The van der Waals surface area contributed by atoms with Crippen LogP contribution in [-0.2, 0) is 4.79 Å². The molecule has 1 aliphatic rings. The summed E-state index contributed by atoms with van der Waals surface area (Å²) >= 11 is 0. The van der Waals surface area contributed by atoms with Gasteiger partial charge in [-0.2, -0.15) is 0 Å². The van der Waals surface area contributed by atoms with Crippen molar-refractivity contribution in [3.8, 4) is 0 Å². The molecule has 3 heterocycles. The lowest BCUT2D eigenvalue weighted by atomic mass is 10.2. The SMILES string of the molecule is Cc1nc2c3c(cn(C(C)C)c3n1)C=CC(=O)N2C. The van der Waals surface area contributed by atoms with Gasteiger partial charge in [0.2, 0.25) is 0 Å². The summed E-state index contributed by atoms with van der Waals surface area (Å²) in [5, 5.41) is 0.948. The Hall–Kier alpha value is -2.17. The quantitative estimate of drug-likeness (QED) is 0.786. The Bertz CT molecular complexity index is 712. The van der Waals surface area contributed by atoms with Gasteiger partial charge in [-0.15, -0.1) is 0 Å². The molecule has 3 rings (SSSR count). The van der Waals surface area contributed by atoms with Crippen LogP contribution in [0.25, 0.3) is 17.1 Å². The van der Waals surface area contributed by atoms with Crippen molar-refractivity contribution < 1.29 is 4.79 Å². The Labute approximate surface area is 111 Å². The average molecular weight is 256 g/mol. The van der Waals surface area contributed by atoms with E-state index in [-0.39, 0.29) is 5.91 Å². The number of amides is 1. The minimum atomic E-state index is -0.0632. The lowest BCUT2D eigenvalue weighted by Crippen LogP contribution is -2.25. The molecule has 1 amide bonds. The van der Waals surface area contributed by atoms with Crippen molar-refractivity contribution >= 4 is 28.8 Å². The molecule has 5 heteroatoms. The van der Waals surface area contributed by atoms with E-state index in [2.05, 4.69) is 28.4 Å². The highest BCUT2D eigenvalue weighted by Gasteiger charge is 2.23. The molecule has 2 aromatic heterocycles. The van der Waals surface area contributed by atoms with Crippen molar-refractivity contribution in [2.75, 3.05) is 11.9 Å². The van der Waals surface area contributed by atoms with Gasteiger partial charge in [0.15, 0.2) is 0 Å². The van der Waals surface area contributed by atoms with Gasteiger partial charge in [0, 0.05) is 30.9 Å². The monoisotopic (exact) mass is 256 g/mol. The predicted molar refractivity (Wildman–Crippen MR) is 75.1 cm³/mol. The van der Waals surface area contributed by atoms with Crippen LogP contribution in [0.15, 0.2) is 12.3 Å². The number of anilines is 1. The molecule has 0 bridgehead atoms. The fourth-order valence-electron chi connectivity index (χ4n) is 2.40. The molecule has 0 aromatic carbocycles. The van der Waals surface area contributed by atoms with Gasteiger partial charge >= 0.3 is 0 Å². The van der Waals surface area contributed by atoms with Gasteiger partial charge < -0.3 is 4.57 Å². The van der Waals surface area contributed by atoms with Crippen molar-refractivity contribution in [3.05, 3.63) is 23.7 Å². The van der Waals surface area contributed by atoms with Gasteiger partial charge in [-0.1, -0.05) is 0 Å². The summed E-state index contributed by atoms with van der Waals surface area (Å²) < 4.78 is 2.12. The van der Waals surface area contributed by atoms with E-state index in [1.807, 2.05) is 19.2 Å². The number of hydrogen-bond acceptors (Lipinski definition) is 3. The molecule has 0 unspecified atom stereocenters. The first-order valence-electron chi connectivity index (χ1n) is 6.34. The van der Waals surface area contributed by atoms with Crippen molar-refractivity contribution in [2.45, 2.75) is 26.8 Å². The van der Waals surface area contributed by atoms with Gasteiger partial charge in [0.1, 0.15) is 17.3 Å². The van der Waals surface area contributed by atoms with Crippen molar-refractivity contribution in [3.63, 3.8) is 0 Å². The lowest BCUT2D eigenvalue weighted by Gasteiger charge is -2.15. The summed E-state index contributed by atoms with van der Waals surface area (Å²) in [5.41, 5.74) is 1.88.